The molecule has 0 aromatic heterocycles. The largest absolute Gasteiger partial charge is 0.416 e. The first kappa shape index (κ1) is 16.0. The molecule has 0 amide bonds. The van der Waals surface area contributed by atoms with Gasteiger partial charge in [0, 0.05) is 13.0 Å². The minimum atomic E-state index is -4.33. The van der Waals surface area contributed by atoms with E-state index < -0.39 is 11.7 Å². The van der Waals surface area contributed by atoms with Crippen molar-refractivity contribution in [3.05, 3.63) is 46.6 Å². The third-order valence-electron chi connectivity index (χ3n) is 3.41. The Kier molecular flexibility index (Phi) is 4.73. The number of alkyl halides is 3. The van der Waals surface area contributed by atoms with Gasteiger partial charge >= 0.3 is 6.18 Å². The average molecular weight is 362 g/mol. The van der Waals surface area contributed by atoms with Crippen LogP contribution in [-0.4, -0.2) is 17.4 Å². The highest BCUT2D eigenvalue weighted by Crippen LogP contribution is 2.34. The van der Waals surface area contributed by atoms with Crippen LogP contribution in [-0.2, 0) is 6.18 Å². The van der Waals surface area contributed by atoms with Crippen LogP contribution in [0, 0.1) is 0 Å². The topological polar surface area (TPSA) is 41.6 Å². The maximum absolute atomic E-state index is 12.8. The van der Waals surface area contributed by atoms with Gasteiger partial charge in [0.1, 0.15) is 10.4 Å². The third-order valence-corrected chi connectivity index (χ3v) is 3.59. The highest BCUT2D eigenvalue weighted by molar-refractivity contribution is 9.11. The third kappa shape index (κ3) is 4.07. The predicted octanol–water partition coefficient (Wildman–Crippen LogP) is 4.02. The van der Waals surface area contributed by atoms with Crippen molar-refractivity contribution < 1.29 is 13.2 Å². The van der Waals surface area contributed by atoms with Crippen LogP contribution in [0.4, 0.5) is 13.2 Å². The minimum Gasteiger partial charge on any atom is -0.298 e. The number of aliphatic imine (C=N–C) groups is 1. The van der Waals surface area contributed by atoms with Gasteiger partial charge in [0.05, 0.1) is 5.56 Å². The highest BCUT2D eigenvalue weighted by Gasteiger charge is 2.32. The van der Waals surface area contributed by atoms with Crippen molar-refractivity contribution in [1.82, 2.24) is 5.01 Å². The molecule has 1 fully saturated rings. The van der Waals surface area contributed by atoms with Crippen LogP contribution in [0.2, 0.25) is 0 Å². The Hall–Kier alpha value is -1.34. The van der Waals surface area contributed by atoms with Crippen LogP contribution in [0.25, 0.3) is 0 Å². The summed E-state index contributed by atoms with van der Waals surface area (Å²) in [6.45, 7) is 4.17. The van der Waals surface area contributed by atoms with Crippen molar-refractivity contribution in [1.29, 1.82) is 0 Å². The molecule has 1 aliphatic rings. The van der Waals surface area contributed by atoms with Crippen LogP contribution in [0.15, 0.2) is 40.4 Å². The lowest BCUT2D eigenvalue weighted by Gasteiger charge is -2.31. The standard InChI is InChI=1S/C14H15BrF3N3/c1-9(15)20-13-8-11(5-6-21(13)19)10-3-2-4-12(7-10)14(16,17)18/h2-4,7,11H,1,5-6,8,19H2/b20-13-. The van der Waals surface area contributed by atoms with E-state index in [0.29, 0.717) is 35.4 Å². The molecule has 21 heavy (non-hydrogen) atoms. The average Bonchev–Trinajstić information content (AvgIpc) is 2.40. The summed E-state index contributed by atoms with van der Waals surface area (Å²) in [4.78, 5) is 4.18. The molecule has 2 rings (SSSR count). The zero-order chi connectivity index (χ0) is 15.6. The fourth-order valence-corrected chi connectivity index (χ4v) is 2.57. The summed E-state index contributed by atoms with van der Waals surface area (Å²) >= 11 is 3.14. The fraction of sp³-hybridized carbons (Fsp3) is 0.357. The minimum absolute atomic E-state index is 0.0299. The summed E-state index contributed by atoms with van der Waals surface area (Å²) in [5.41, 5.74) is 0.0318. The second kappa shape index (κ2) is 6.19. The van der Waals surface area contributed by atoms with Crippen molar-refractivity contribution in [2.75, 3.05) is 6.54 Å². The van der Waals surface area contributed by atoms with Gasteiger partial charge < -0.3 is 0 Å². The lowest BCUT2D eigenvalue weighted by molar-refractivity contribution is -0.137. The molecule has 0 spiro atoms. The van der Waals surface area contributed by atoms with E-state index in [1.165, 1.54) is 17.1 Å². The summed E-state index contributed by atoms with van der Waals surface area (Å²) < 4.78 is 38.8. The van der Waals surface area contributed by atoms with Gasteiger partial charge in [-0.05, 0) is 39.9 Å². The first-order valence-corrected chi connectivity index (χ1v) is 7.18. The molecule has 0 aliphatic carbocycles. The number of benzene rings is 1. The molecule has 1 atom stereocenters. The van der Waals surface area contributed by atoms with E-state index in [1.807, 2.05) is 0 Å². The Morgan fingerprint density at radius 3 is 2.76 bits per heavy atom. The zero-order valence-corrected chi connectivity index (χ0v) is 12.8. The van der Waals surface area contributed by atoms with Crippen LogP contribution in [0.1, 0.15) is 29.9 Å². The van der Waals surface area contributed by atoms with Crippen LogP contribution in [0.5, 0.6) is 0 Å². The monoisotopic (exact) mass is 361 g/mol. The number of hydrazine groups is 1. The van der Waals surface area contributed by atoms with Crippen LogP contribution in [0.3, 0.4) is 0 Å². The summed E-state index contributed by atoms with van der Waals surface area (Å²) in [7, 11) is 0. The number of amidine groups is 1. The van der Waals surface area contributed by atoms with E-state index in [0.717, 1.165) is 6.07 Å². The van der Waals surface area contributed by atoms with Crippen LogP contribution < -0.4 is 5.84 Å². The number of halogens is 4. The molecule has 0 bridgehead atoms. The van der Waals surface area contributed by atoms with E-state index in [1.54, 1.807) is 6.07 Å². The van der Waals surface area contributed by atoms with Crippen LogP contribution >= 0.6 is 15.9 Å². The predicted molar refractivity (Wildman–Crippen MR) is 79.8 cm³/mol. The Bertz CT molecular complexity index is 569. The SMILES string of the molecule is C=C(Br)/N=C1/CC(c2cccc(C(F)(F)F)c2)CCN1N. The zero-order valence-electron chi connectivity index (χ0n) is 11.2. The highest BCUT2D eigenvalue weighted by atomic mass is 79.9. The Labute approximate surface area is 129 Å². The number of hydrogen-bond donors (Lipinski definition) is 1. The van der Waals surface area contributed by atoms with Crippen molar-refractivity contribution in [3.63, 3.8) is 0 Å². The lowest BCUT2D eigenvalue weighted by atomic mass is 9.88. The van der Waals surface area contributed by atoms with E-state index in [-0.39, 0.29) is 5.92 Å². The van der Waals surface area contributed by atoms with Gasteiger partial charge in [0.15, 0.2) is 0 Å². The molecule has 0 radical (unpaired) electrons. The normalized spacial score (nSPS) is 21.7. The van der Waals surface area contributed by atoms with E-state index in [2.05, 4.69) is 27.5 Å². The van der Waals surface area contributed by atoms with Crippen molar-refractivity contribution in [2.24, 2.45) is 10.8 Å². The Morgan fingerprint density at radius 2 is 2.14 bits per heavy atom. The first-order valence-electron chi connectivity index (χ1n) is 6.38. The molecule has 2 N–H and O–H groups in total. The maximum Gasteiger partial charge on any atom is 0.416 e. The Morgan fingerprint density at radius 1 is 1.43 bits per heavy atom. The van der Waals surface area contributed by atoms with Gasteiger partial charge in [-0.3, -0.25) is 5.01 Å². The molecule has 1 aliphatic heterocycles. The molecule has 1 aromatic carbocycles. The van der Waals surface area contributed by atoms with Gasteiger partial charge in [-0.15, -0.1) is 0 Å². The molecule has 1 unspecified atom stereocenters. The summed E-state index contributed by atoms with van der Waals surface area (Å²) in [5, 5.41) is 1.51. The van der Waals surface area contributed by atoms with Crippen molar-refractivity contribution in [3.8, 4) is 0 Å². The van der Waals surface area contributed by atoms with E-state index >= 15 is 0 Å². The molecular formula is C14H15BrF3N3. The van der Waals surface area contributed by atoms with Gasteiger partial charge in [-0.25, -0.2) is 10.8 Å². The molecule has 1 aromatic rings. The second-order valence-corrected chi connectivity index (χ2v) is 5.83. The molecule has 0 saturated carbocycles. The molecule has 1 heterocycles. The molecule has 1 saturated heterocycles. The van der Waals surface area contributed by atoms with Gasteiger partial charge in [0.25, 0.3) is 0 Å². The smallest absolute Gasteiger partial charge is 0.298 e. The quantitative estimate of drug-likeness (QED) is 0.638. The summed E-state index contributed by atoms with van der Waals surface area (Å²) in [5.74, 6) is 6.41. The van der Waals surface area contributed by atoms with E-state index in [4.69, 9.17) is 5.84 Å². The first-order chi connectivity index (χ1) is 9.77. The molecule has 7 heteroatoms. The molecular weight excluding hydrogens is 347 g/mol. The maximum atomic E-state index is 12.8. The lowest BCUT2D eigenvalue weighted by Crippen LogP contribution is -2.43. The second-order valence-electron chi connectivity index (χ2n) is 4.91. The summed E-state index contributed by atoms with van der Waals surface area (Å²) in [6.07, 6.45) is -3.15. The number of nitrogens with zero attached hydrogens (tertiary/aromatic N) is 2. The molecule has 114 valence electrons. The number of rotatable bonds is 2. The molecule has 3 nitrogen and oxygen atoms in total. The van der Waals surface area contributed by atoms with Crippen molar-refractivity contribution >= 4 is 21.8 Å². The summed E-state index contributed by atoms with van der Waals surface area (Å²) in [6, 6.07) is 5.44. The fourth-order valence-electron chi connectivity index (χ4n) is 2.37. The van der Waals surface area contributed by atoms with Crippen molar-refractivity contribution in [2.45, 2.75) is 24.9 Å². The number of hydrogen-bond acceptors (Lipinski definition) is 2. The Balaban J connectivity index is 2.25. The number of piperidine rings is 1. The van der Waals surface area contributed by atoms with Gasteiger partial charge in [0.2, 0.25) is 0 Å². The van der Waals surface area contributed by atoms with Gasteiger partial charge in [-0.1, -0.05) is 24.8 Å². The van der Waals surface area contributed by atoms with Gasteiger partial charge in [-0.2, -0.15) is 13.2 Å². The number of nitrogens with two attached hydrogens (primary N) is 1. The van der Waals surface area contributed by atoms with E-state index in [9.17, 15) is 13.2 Å².